The lowest BCUT2D eigenvalue weighted by Crippen LogP contribution is -2.13. The van der Waals surface area contributed by atoms with E-state index < -0.39 is 0 Å². The molecule has 0 aliphatic heterocycles. The van der Waals surface area contributed by atoms with Crippen molar-refractivity contribution < 1.29 is 0 Å². The van der Waals surface area contributed by atoms with Gasteiger partial charge in [0.15, 0.2) is 0 Å². The summed E-state index contributed by atoms with van der Waals surface area (Å²) in [5.41, 5.74) is 9.70. The van der Waals surface area contributed by atoms with Gasteiger partial charge in [0.25, 0.3) is 0 Å². The summed E-state index contributed by atoms with van der Waals surface area (Å²) >= 11 is 0. The lowest BCUT2D eigenvalue weighted by atomic mass is 10.4. The van der Waals surface area contributed by atoms with Crippen LogP contribution in [-0.2, 0) is 0 Å². The molecule has 0 amide bonds. The Morgan fingerprint density at radius 2 is 2.10 bits per heavy atom. The number of hydrogen-bond donors (Lipinski definition) is 3. The molecule has 0 bridgehead atoms. The molecule has 4 heteroatoms. The van der Waals surface area contributed by atoms with E-state index in [1.165, 1.54) is 0 Å². The van der Waals surface area contributed by atoms with Crippen LogP contribution in [0.3, 0.4) is 0 Å². The first-order valence-corrected chi connectivity index (χ1v) is 3.06. The predicted octanol–water partition coefficient (Wildman–Crippen LogP) is -0.399. The van der Waals surface area contributed by atoms with Crippen molar-refractivity contribution in [2.45, 2.75) is 6.92 Å². The first-order valence-electron chi connectivity index (χ1n) is 3.06. The van der Waals surface area contributed by atoms with Gasteiger partial charge in [-0.2, -0.15) is 5.10 Å². The molecule has 4 N–H and O–H groups in total. The van der Waals surface area contributed by atoms with Crippen LogP contribution in [0.25, 0.3) is 0 Å². The van der Waals surface area contributed by atoms with E-state index in [9.17, 15) is 0 Å². The Kier molecular flexibility index (Phi) is 4.11. The summed E-state index contributed by atoms with van der Waals surface area (Å²) in [6, 6.07) is 0. The molecule has 0 aromatic heterocycles. The van der Waals surface area contributed by atoms with Crippen molar-refractivity contribution in [1.29, 1.82) is 0 Å². The molecule has 4 nitrogen and oxygen atoms in total. The van der Waals surface area contributed by atoms with Crippen molar-refractivity contribution in [2.75, 3.05) is 14.1 Å². The van der Waals surface area contributed by atoms with Crippen LogP contribution in [0.5, 0.6) is 0 Å². The molecule has 0 saturated heterocycles. The van der Waals surface area contributed by atoms with Crippen LogP contribution in [0.15, 0.2) is 16.5 Å². The summed E-state index contributed by atoms with van der Waals surface area (Å²) in [5, 5.41) is 6.65. The molecule has 0 unspecified atom stereocenters. The van der Waals surface area contributed by atoms with Crippen LogP contribution in [0.1, 0.15) is 6.92 Å². The minimum atomic E-state index is 0.636. The molecule has 0 heterocycles. The van der Waals surface area contributed by atoms with Crippen molar-refractivity contribution in [2.24, 2.45) is 10.8 Å². The van der Waals surface area contributed by atoms with Crippen LogP contribution in [-0.4, -0.2) is 20.3 Å². The van der Waals surface area contributed by atoms with Gasteiger partial charge in [-0.05, 0) is 6.92 Å². The van der Waals surface area contributed by atoms with E-state index in [1.54, 1.807) is 13.3 Å². The second-order valence-corrected chi connectivity index (χ2v) is 1.81. The van der Waals surface area contributed by atoms with E-state index in [1.807, 2.05) is 14.0 Å². The van der Waals surface area contributed by atoms with Gasteiger partial charge in [0, 0.05) is 19.8 Å². The third kappa shape index (κ3) is 2.96. The first-order chi connectivity index (χ1) is 4.72. The van der Waals surface area contributed by atoms with Crippen molar-refractivity contribution in [3.05, 3.63) is 11.4 Å². The molecule has 0 fully saturated rings. The number of hydrogen-bond acceptors (Lipinski definition) is 4. The van der Waals surface area contributed by atoms with Crippen LogP contribution in [0.4, 0.5) is 0 Å². The lowest BCUT2D eigenvalue weighted by Gasteiger charge is -2.00. The summed E-state index contributed by atoms with van der Waals surface area (Å²) in [4.78, 5) is 0. The van der Waals surface area contributed by atoms with E-state index >= 15 is 0 Å². The average Bonchev–Trinajstić information content (AvgIpc) is 1.98. The molecule has 0 atom stereocenters. The third-order valence-electron chi connectivity index (χ3n) is 1.14. The fraction of sp³-hybridized carbons (Fsp3) is 0.500. The highest BCUT2D eigenvalue weighted by atomic mass is 15.3. The molecular formula is C6H14N4. The number of nitrogens with two attached hydrogens (primary N) is 1. The normalized spacial score (nSPS) is 13.1. The monoisotopic (exact) mass is 142 g/mol. The van der Waals surface area contributed by atoms with Crippen LogP contribution in [0.2, 0.25) is 0 Å². The molecule has 0 aliphatic carbocycles. The van der Waals surface area contributed by atoms with Gasteiger partial charge in [-0.1, -0.05) is 0 Å². The topological polar surface area (TPSA) is 62.4 Å². The maximum absolute atomic E-state index is 5.54. The van der Waals surface area contributed by atoms with E-state index in [-0.39, 0.29) is 0 Å². The van der Waals surface area contributed by atoms with Crippen LogP contribution >= 0.6 is 0 Å². The quantitative estimate of drug-likeness (QED) is 0.371. The van der Waals surface area contributed by atoms with E-state index in [2.05, 4.69) is 15.8 Å². The van der Waals surface area contributed by atoms with Crippen LogP contribution < -0.4 is 16.5 Å². The first kappa shape index (κ1) is 8.81. The largest absolute Gasteiger partial charge is 0.396 e. The molecule has 0 aromatic rings. The maximum atomic E-state index is 5.54. The van der Waals surface area contributed by atoms with Gasteiger partial charge < -0.3 is 16.5 Å². The van der Waals surface area contributed by atoms with Gasteiger partial charge in [0.05, 0.1) is 11.9 Å². The highest BCUT2D eigenvalue weighted by Gasteiger charge is 1.88. The summed E-state index contributed by atoms with van der Waals surface area (Å²) in [7, 11) is 3.54. The summed E-state index contributed by atoms with van der Waals surface area (Å²) in [6.45, 7) is 1.89. The number of allylic oxidation sites excluding steroid dienone is 2. The molecule has 0 spiro atoms. The Labute approximate surface area is 61.2 Å². The highest BCUT2D eigenvalue weighted by molar-refractivity contribution is 5.77. The van der Waals surface area contributed by atoms with Crippen LogP contribution in [0, 0.1) is 0 Å². The number of hydrazone groups is 1. The minimum absolute atomic E-state index is 0.636. The Balaban J connectivity index is 4.04. The van der Waals surface area contributed by atoms with Crippen molar-refractivity contribution in [1.82, 2.24) is 10.7 Å². The molecule has 10 heavy (non-hydrogen) atoms. The Morgan fingerprint density at radius 3 is 2.50 bits per heavy atom. The third-order valence-corrected chi connectivity index (χ3v) is 1.14. The zero-order valence-electron chi connectivity index (χ0n) is 6.60. The van der Waals surface area contributed by atoms with E-state index in [0.29, 0.717) is 5.70 Å². The second-order valence-electron chi connectivity index (χ2n) is 1.81. The molecule has 0 aromatic carbocycles. The second kappa shape index (κ2) is 4.67. The number of nitrogens with zero attached hydrogens (tertiary/aromatic N) is 1. The van der Waals surface area contributed by atoms with Gasteiger partial charge in [-0.25, -0.2) is 0 Å². The molecule has 0 radical (unpaired) electrons. The SMILES string of the molecule is CN/N=C\C(N)=C(/C)NC. The van der Waals surface area contributed by atoms with Crippen molar-refractivity contribution in [3.63, 3.8) is 0 Å². The van der Waals surface area contributed by atoms with E-state index in [4.69, 9.17) is 5.73 Å². The van der Waals surface area contributed by atoms with E-state index in [0.717, 1.165) is 5.70 Å². The zero-order valence-corrected chi connectivity index (χ0v) is 6.60. The standard InChI is InChI=1S/C6H14N4/c1-5(8-2)6(7)4-10-9-3/h4,8-9H,7H2,1-3H3/b6-5-,10-4-. The van der Waals surface area contributed by atoms with Crippen molar-refractivity contribution >= 4 is 6.21 Å². The predicted molar refractivity (Wildman–Crippen MR) is 43.5 cm³/mol. The fourth-order valence-electron chi connectivity index (χ4n) is 0.375. The maximum Gasteiger partial charge on any atom is 0.0715 e. The lowest BCUT2D eigenvalue weighted by molar-refractivity contribution is 0.902. The van der Waals surface area contributed by atoms with Crippen molar-refractivity contribution in [3.8, 4) is 0 Å². The van der Waals surface area contributed by atoms with Gasteiger partial charge >= 0.3 is 0 Å². The van der Waals surface area contributed by atoms with Gasteiger partial charge in [0.1, 0.15) is 0 Å². The molecule has 0 aliphatic rings. The molecular weight excluding hydrogens is 128 g/mol. The minimum Gasteiger partial charge on any atom is -0.396 e. The Morgan fingerprint density at radius 1 is 1.50 bits per heavy atom. The number of nitrogens with one attached hydrogen (secondary N) is 2. The summed E-state index contributed by atoms with van der Waals surface area (Å²) in [6.07, 6.45) is 1.56. The average molecular weight is 142 g/mol. The zero-order chi connectivity index (χ0) is 7.98. The molecule has 0 saturated carbocycles. The highest BCUT2D eigenvalue weighted by Crippen LogP contribution is 1.86. The fourth-order valence-corrected chi connectivity index (χ4v) is 0.375. The van der Waals surface area contributed by atoms with Gasteiger partial charge in [-0.3, -0.25) is 0 Å². The Bertz CT molecular complexity index is 148. The number of rotatable bonds is 3. The smallest absolute Gasteiger partial charge is 0.0715 e. The summed E-state index contributed by atoms with van der Waals surface area (Å²) in [5.74, 6) is 0. The van der Waals surface area contributed by atoms with Gasteiger partial charge in [0.2, 0.25) is 0 Å². The molecule has 0 rings (SSSR count). The summed E-state index contributed by atoms with van der Waals surface area (Å²) < 4.78 is 0. The van der Waals surface area contributed by atoms with Gasteiger partial charge in [-0.15, -0.1) is 0 Å². The Hall–Kier alpha value is -1.19. The molecule has 58 valence electrons.